The summed E-state index contributed by atoms with van der Waals surface area (Å²) in [6, 6.07) is 15.5. The van der Waals surface area contributed by atoms with E-state index >= 15 is 0 Å². The van der Waals surface area contributed by atoms with Gasteiger partial charge in [-0.1, -0.05) is 42.1 Å². The van der Waals surface area contributed by atoms with Crippen LogP contribution in [0.5, 0.6) is 5.75 Å². The first-order valence-corrected chi connectivity index (χ1v) is 9.93. The van der Waals surface area contributed by atoms with Gasteiger partial charge in [-0.25, -0.2) is 4.98 Å². The molecule has 25 heavy (non-hydrogen) atoms. The number of fused-ring (bicyclic) bond motifs is 1. The number of hydrogen-bond donors (Lipinski definition) is 1. The molecule has 3 rings (SSSR count). The Hall–Kier alpha value is -2.05. The summed E-state index contributed by atoms with van der Waals surface area (Å²) >= 11 is 3.51. The first-order valence-electron chi connectivity index (χ1n) is 8.13. The van der Waals surface area contributed by atoms with Gasteiger partial charge in [0.2, 0.25) is 0 Å². The summed E-state index contributed by atoms with van der Waals surface area (Å²) in [6.45, 7) is 0.594. The predicted octanol–water partition coefficient (Wildman–Crippen LogP) is 4.87. The summed E-state index contributed by atoms with van der Waals surface area (Å²) in [7, 11) is 0. The molecule has 0 amide bonds. The third kappa shape index (κ3) is 5.21. The number of ether oxygens (including phenoxy) is 1. The van der Waals surface area contributed by atoms with Crippen LogP contribution in [0.25, 0.3) is 10.2 Å². The van der Waals surface area contributed by atoms with Crippen LogP contribution in [-0.2, 0) is 11.2 Å². The smallest absolute Gasteiger partial charge is 0.307 e. The Bertz CT molecular complexity index is 814. The second-order valence-electron chi connectivity index (χ2n) is 5.53. The van der Waals surface area contributed by atoms with Crippen molar-refractivity contribution in [1.82, 2.24) is 4.98 Å². The molecule has 6 heteroatoms. The molecule has 0 radical (unpaired) electrons. The van der Waals surface area contributed by atoms with Gasteiger partial charge in [0.05, 0.1) is 23.2 Å². The Balaban J connectivity index is 1.40. The van der Waals surface area contributed by atoms with Crippen molar-refractivity contribution in [3.63, 3.8) is 0 Å². The lowest BCUT2D eigenvalue weighted by Crippen LogP contribution is -2.05. The number of carbonyl (C=O) groups is 1. The molecule has 130 valence electrons. The third-order valence-corrected chi connectivity index (χ3v) is 5.88. The molecule has 0 aliphatic carbocycles. The van der Waals surface area contributed by atoms with Gasteiger partial charge >= 0.3 is 5.97 Å². The molecule has 0 aliphatic rings. The maximum absolute atomic E-state index is 10.9. The molecule has 0 fully saturated rings. The molecule has 4 nitrogen and oxygen atoms in total. The van der Waals surface area contributed by atoms with Crippen molar-refractivity contribution in [1.29, 1.82) is 0 Å². The lowest BCUT2D eigenvalue weighted by molar-refractivity contribution is -0.136. The van der Waals surface area contributed by atoms with Crippen LogP contribution in [0.3, 0.4) is 0 Å². The fourth-order valence-corrected chi connectivity index (χ4v) is 4.55. The van der Waals surface area contributed by atoms with E-state index in [0.717, 1.165) is 34.0 Å². The Kier molecular flexibility index (Phi) is 6.30. The van der Waals surface area contributed by atoms with E-state index in [4.69, 9.17) is 9.84 Å². The molecule has 0 aliphatic heterocycles. The van der Waals surface area contributed by atoms with E-state index in [1.54, 1.807) is 29.2 Å². The number of benzene rings is 2. The first-order chi connectivity index (χ1) is 12.2. The van der Waals surface area contributed by atoms with Crippen LogP contribution in [0, 0.1) is 0 Å². The van der Waals surface area contributed by atoms with Crippen molar-refractivity contribution in [2.24, 2.45) is 0 Å². The molecule has 1 N–H and O–H groups in total. The van der Waals surface area contributed by atoms with E-state index in [-0.39, 0.29) is 6.42 Å². The standard InChI is InChI=1S/C19H19NO3S2/c21-18(22)13-14-7-1-3-9-16(14)23-11-5-6-12-24-19-20-15-8-2-4-10-17(15)25-19/h1-4,7-10H,5-6,11-13H2,(H,21,22). The average molecular weight is 373 g/mol. The van der Waals surface area contributed by atoms with Gasteiger partial charge < -0.3 is 9.84 Å². The highest BCUT2D eigenvalue weighted by Crippen LogP contribution is 2.29. The molecule has 0 spiro atoms. The van der Waals surface area contributed by atoms with Crippen molar-refractivity contribution in [2.45, 2.75) is 23.6 Å². The van der Waals surface area contributed by atoms with Gasteiger partial charge in [0.25, 0.3) is 0 Å². The number of para-hydroxylation sites is 2. The maximum Gasteiger partial charge on any atom is 0.307 e. The number of thiazole rings is 1. The lowest BCUT2D eigenvalue weighted by Gasteiger charge is -2.09. The van der Waals surface area contributed by atoms with Crippen molar-refractivity contribution >= 4 is 39.3 Å². The normalized spacial score (nSPS) is 10.9. The van der Waals surface area contributed by atoms with E-state index in [9.17, 15) is 4.79 Å². The SMILES string of the molecule is O=C(O)Cc1ccccc1OCCCCSc1nc2ccccc2s1. The molecule has 3 aromatic rings. The third-order valence-electron chi connectivity index (χ3n) is 3.61. The summed E-state index contributed by atoms with van der Waals surface area (Å²) in [5.41, 5.74) is 1.78. The number of nitrogens with zero attached hydrogens (tertiary/aromatic N) is 1. The summed E-state index contributed by atoms with van der Waals surface area (Å²) < 4.78 is 8.08. The van der Waals surface area contributed by atoms with Crippen LogP contribution >= 0.6 is 23.1 Å². The molecule has 0 atom stereocenters. The molecule has 1 heterocycles. The van der Waals surface area contributed by atoms with Crippen molar-refractivity contribution in [3.8, 4) is 5.75 Å². The molecular formula is C19H19NO3S2. The summed E-state index contributed by atoms with van der Waals surface area (Å²) in [6.07, 6.45) is 1.95. The quantitative estimate of drug-likeness (QED) is 0.428. The van der Waals surface area contributed by atoms with Crippen LogP contribution in [0.4, 0.5) is 0 Å². The van der Waals surface area contributed by atoms with E-state index < -0.39 is 5.97 Å². The fraction of sp³-hybridized carbons (Fsp3) is 0.263. The van der Waals surface area contributed by atoms with E-state index in [0.29, 0.717) is 12.4 Å². The van der Waals surface area contributed by atoms with Gasteiger partial charge in [-0.05, 0) is 31.0 Å². The number of aromatic nitrogens is 1. The number of aliphatic carboxylic acids is 1. The average Bonchev–Trinajstić information content (AvgIpc) is 3.01. The summed E-state index contributed by atoms with van der Waals surface area (Å²) in [5, 5.41) is 8.93. The van der Waals surface area contributed by atoms with Crippen molar-refractivity contribution in [3.05, 3.63) is 54.1 Å². The molecule has 0 saturated carbocycles. The molecule has 2 aromatic carbocycles. The minimum atomic E-state index is -0.844. The number of thioether (sulfide) groups is 1. The highest BCUT2D eigenvalue weighted by Gasteiger charge is 2.07. The number of unbranched alkanes of at least 4 members (excludes halogenated alkanes) is 1. The lowest BCUT2D eigenvalue weighted by atomic mass is 10.1. The monoisotopic (exact) mass is 373 g/mol. The highest BCUT2D eigenvalue weighted by atomic mass is 32.2. The van der Waals surface area contributed by atoms with Crippen molar-refractivity contribution in [2.75, 3.05) is 12.4 Å². The van der Waals surface area contributed by atoms with Crippen LogP contribution in [0.2, 0.25) is 0 Å². The number of carboxylic acid groups (broad SMARTS) is 1. The molecule has 0 saturated heterocycles. The van der Waals surface area contributed by atoms with Crippen molar-refractivity contribution < 1.29 is 14.6 Å². The Labute approximate surface area is 154 Å². The largest absolute Gasteiger partial charge is 0.493 e. The Morgan fingerprint density at radius 2 is 1.92 bits per heavy atom. The van der Waals surface area contributed by atoms with Crippen LogP contribution in [0.15, 0.2) is 52.9 Å². The number of hydrogen-bond acceptors (Lipinski definition) is 5. The van der Waals surface area contributed by atoms with Gasteiger partial charge in [0.15, 0.2) is 4.34 Å². The second-order valence-corrected chi connectivity index (χ2v) is 7.90. The van der Waals surface area contributed by atoms with E-state index in [1.165, 1.54) is 4.70 Å². The second kappa shape index (κ2) is 8.87. The number of rotatable bonds is 9. The molecular weight excluding hydrogens is 354 g/mol. The minimum Gasteiger partial charge on any atom is -0.493 e. The topological polar surface area (TPSA) is 59.4 Å². The number of carboxylic acids is 1. The summed E-state index contributed by atoms with van der Waals surface area (Å²) in [4.78, 5) is 15.5. The minimum absolute atomic E-state index is 0.0103. The molecule has 0 bridgehead atoms. The Morgan fingerprint density at radius 1 is 1.12 bits per heavy atom. The van der Waals surface area contributed by atoms with Crippen LogP contribution < -0.4 is 4.74 Å². The van der Waals surface area contributed by atoms with E-state index in [1.807, 2.05) is 36.4 Å². The van der Waals surface area contributed by atoms with Gasteiger partial charge in [0.1, 0.15) is 5.75 Å². The zero-order valence-corrected chi connectivity index (χ0v) is 15.3. The predicted molar refractivity (Wildman–Crippen MR) is 103 cm³/mol. The molecule has 0 unspecified atom stereocenters. The maximum atomic E-state index is 10.9. The Morgan fingerprint density at radius 3 is 2.76 bits per heavy atom. The zero-order valence-electron chi connectivity index (χ0n) is 13.7. The fourth-order valence-electron chi connectivity index (χ4n) is 2.41. The first kappa shape index (κ1) is 17.8. The van der Waals surface area contributed by atoms with Gasteiger partial charge in [0, 0.05) is 11.3 Å². The molecule has 1 aromatic heterocycles. The zero-order chi connectivity index (χ0) is 17.5. The van der Waals surface area contributed by atoms with Crippen LogP contribution in [-0.4, -0.2) is 28.4 Å². The van der Waals surface area contributed by atoms with Gasteiger partial charge in [-0.2, -0.15) is 0 Å². The van der Waals surface area contributed by atoms with Gasteiger partial charge in [-0.15, -0.1) is 11.3 Å². The van der Waals surface area contributed by atoms with Crippen LogP contribution in [0.1, 0.15) is 18.4 Å². The van der Waals surface area contributed by atoms with E-state index in [2.05, 4.69) is 11.1 Å². The summed E-state index contributed by atoms with van der Waals surface area (Å²) in [5.74, 6) is 0.826. The highest BCUT2D eigenvalue weighted by molar-refractivity contribution is 8.01. The van der Waals surface area contributed by atoms with Gasteiger partial charge in [-0.3, -0.25) is 4.79 Å².